The second-order valence-electron chi connectivity index (χ2n) is 17.4. The molecule has 1 unspecified atom stereocenters. The van der Waals surface area contributed by atoms with Gasteiger partial charge >= 0.3 is 0 Å². The van der Waals surface area contributed by atoms with E-state index in [1.165, 1.54) is 53.8 Å². The third-order valence-corrected chi connectivity index (χ3v) is 13.1. The van der Waals surface area contributed by atoms with Gasteiger partial charge in [-0.2, -0.15) is 5.10 Å². The van der Waals surface area contributed by atoms with E-state index in [4.69, 9.17) is 15.0 Å². The monoisotopic (exact) mass is 808 g/mol. The number of piperidine rings is 1. The van der Waals surface area contributed by atoms with Gasteiger partial charge < -0.3 is 25.0 Å². The van der Waals surface area contributed by atoms with Gasteiger partial charge in [-0.25, -0.2) is 4.98 Å². The van der Waals surface area contributed by atoms with Crippen molar-refractivity contribution in [1.82, 2.24) is 39.5 Å². The molecule has 3 fully saturated rings. The normalized spacial score (nSPS) is 16.9. The number of rotatable bonds is 17. The summed E-state index contributed by atoms with van der Waals surface area (Å²) in [6.07, 6.45) is 14.8. The van der Waals surface area contributed by atoms with Gasteiger partial charge in [-0.15, -0.1) is 6.58 Å². The van der Waals surface area contributed by atoms with Crippen molar-refractivity contribution in [2.45, 2.75) is 90.6 Å². The van der Waals surface area contributed by atoms with Crippen molar-refractivity contribution in [3.05, 3.63) is 109 Å². The minimum absolute atomic E-state index is 0.187. The number of piperazine rings is 1. The lowest BCUT2D eigenvalue weighted by atomic mass is 9.94. The first-order chi connectivity index (χ1) is 29.1. The minimum atomic E-state index is 0.187. The van der Waals surface area contributed by atoms with Gasteiger partial charge in [0.15, 0.2) is 0 Å². The Kier molecular flexibility index (Phi) is 12.4. The van der Waals surface area contributed by atoms with E-state index in [1.54, 1.807) is 0 Å². The van der Waals surface area contributed by atoms with Crippen molar-refractivity contribution in [3.63, 3.8) is 0 Å². The van der Waals surface area contributed by atoms with Crippen LogP contribution in [0.3, 0.4) is 0 Å². The molecule has 1 aliphatic carbocycles. The van der Waals surface area contributed by atoms with Crippen LogP contribution < -0.4 is 20.4 Å². The summed E-state index contributed by atoms with van der Waals surface area (Å²) in [4.78, 5) is 22.9. The Labute approximate surface area is 357 Å². The molecular formula is C49H65N11. The van der Waals surface area contributed by atoms with E-state index in [2.05, 4.69) is 111 Å². The van der Waals surface area contributed by atoms with Crippen molar-refractivity contribution in [2.75, 3.05) is 61.4 Å². The molecule has 2 aliphatic heterocycles. The lowest BCUT2D eigenvalue weighted by Crippen LogP contribution is -2.53. The molecule has 1 aromatic carbocycles. The molecule has 2 saturated heterocycles. The number of imidazole rings is 1. The number of hydrogen-bond acceptors (Lipinski definition) is 9. The Morgan fingerprint density at radius 1 is 0.933 bits per heavy atom. The minimum Gasteiger partial charge on any atom is -0.391 e. The average Bonchev–Trinajstić information content (AvgIpc) is 3.93. The molecule has 1 atom stereocenters. The number of anilines is 3. The first-order valence-electron chi connectivity index (χ1n) is 22.3. The number of aryl methyl sites for hydroxylation is 3. The maximum absolute atomic E-state index is 5.15. The summed E-state index contributed by atoms with van der Waals surface area (Å²) in [5, 5.41) is 11.5. The molecule has 0 radical (unpaired) electrons. The van der Waals surface area contributed by atoms with Crippen LogP contribution in [0.4, 0.5) is 17.3 Å². The van der Waals surface area contributed by atoms with Crippen molar-refractivity contribution in [3.8, 4) is 11.3 Å². The van der Waals surface area contributed by atoms with Gasteiger partial charge in [0.2, 0.25) is 5.95 Å². The molecule has 316 valence electrons. The quantitative estimate of drug-likeness (QED) is 0.0894. The van der Waals surface area contributed by atoms with Crippen LogP contribution in [0, 0.1) is 19.8 Å². The molecule has 2 N–H and O–H groups in total. The Bertz CT molecular complexity index is 2330. The third kappa shape index (κ3) is 8.87. The van der Waals surface area contributed by atoms with Crippen molar-refractivity contribution >= 4 is 34.1 Å². The van der Waals surface area contributed by atoms with E-state index >= 15 is 0 Å². The van der Waals surface area contributed by atoms with Crippen LogP contribution in [-0.2, 0) is 20.0 Å². The number of benzene rings is 1. The van der Waals surface area contributed by atoms with E-state index in [9.17, 15) is 0 Å². The standard InChI is InChI=1S/C49H65N11/c1-9-11-13-41(36(6)50-7)44-26-33(3)48(31-51-44)59-20-18-39(19-21-59)57-22-24-58(25-23-57)40-16-17-43-47(29-40)60(32-37-14-15-37)49(55-43)54-35(5)38-27-34(4)53-45(28-38)42-30-52-56(8)46(42)12-10-2/h9,16-17,26-31,37,39,41,50H,1,5-6,10-15,18-25,32H2,2-4,7-8H3,(H,54,55). The fraction of sp³-hybridized carbons (Fsp3) is 0.469. The second kappa shape index (κ2) is 18.1. The fourth-order valence-electron chi connectivity index (χ4n) is 9.41. The average molecular weight is 808 g/mol. The molecule has 11 nitrogen and oxygen atoms in total. The van der Waals surface area contributed by atoms with Crippen LogP contribution >= 0.6 is 0 Å². The zero-order chi connectivity index (χ0) is 41.9. The van der Waals surface area contributed by atoms with Crippen molar-refractivity contribution < 1.29 is 0 Å². The summed E-state index contributed by atoms with van der Waals surface area (Å²) in [5.74, 6) is 1.73. The summed E-state index contributed by atoms with van der Waals surface area (Å²) in [7, 11) is 3.96. The summed E-state index contributed by atoms with van der Waals surface area (Å²) in [6, 6.07) is 14.0. The molecule has 1 saturated carbocycles. The molecule has 0 amide bonds. The Balaban J connectivity index is 0.910. The van der Waals surface area contributed by atoms with Crippen molar-refractivity contribution in [1.29, 1.82) is 0 Å². The van der Waals surface area contributed by atoms with Crippen LogP contribution in [0.5, 0.6) is 0 Å². The van der Waals surface area contributed by atoms with Gasteiger partial charge in [0, 0.05) is 117 Å². The molecule has 0 spiro atoms. The van der Waals surface area contributed by atoms with E-state index in [1.807, 2.05) is 38.0 Å². The molecule has 6 heterocycles. The predicted octanol–water partition coefficient (Wildman–Crippen LogP) is 8.86. The van der Waals surface area contributed by atoms with Crippen molar-refractivity contribution in [2.24, 2.45) is 13.0 Å². The van der Waals surface area contributed by atoms with Crippen LogP contribution in [0.1, 0.15) is 86.0 Å². The number of hydrogen-bond donors (Lipinski definition) is 2. The molecule has 11 heteroatoms. The van der Waals surface area contributed by atoms with Gasteiger partial charge in [-0.3, -0.25) is 19.5 Å². The molecule has 4 aromatic heterocycles. The highest BCUT2D eigenvalue weighted by atomic mass is 15.3. The summed E-state index contributed by atoms with van der Waals surface area (Å²) in [6.45, 7) is 26.5. The van der Waals surface area contributed by atoms with E-state index in [-0.39, 0.29) is 5.92 Å². The maximum Gasteiger partial charge on any atom is 0.208 e. The van der Waals surface area contributed by atoms with E-state index in [0.29, 0.717) is 12.0 Å². The van der Waals surface area contributed by atoms with Gasteiger partial charge in [0.1, 0.15) is 0 Å². The Hall–Kier alpha value is -5.42. The largest absolute Gasteiger partial charge is 0.391 e. The highest BCUT2D eigenvalue weighted by Gasteiger charge is 2.30. The summed E-state index contributed by atoms with van der Waals surface area (Å²) >= 11 is 0. The zero-order valence-corrected chi connectivity index (χ0v) is 36.7. The number of allylic oxidation sites excluding steroid dienone is 2. The SMILES string of the molecule is C=CCCC(C(=C)NC)c1cc(C)c(N2CCC(N3CCN(c4ccc5nc(NC(=C)c6cc(C)nc(-c7cnn(C)c7CCC)c6)n(CC6CC6)c5c4)CC3)CC2)cn1. The first kappa shape index (κ1) is 41.3. The van der Waals surface area contributed by atoms with Crippen LogP contribution in [-0.4, -0.2) is 86.6 Å². The molecule has 60 heavy (non-hydrogen) atoms. The molecule has 5 aromatic rings. The number of pyridine rings is 2. The van der Waals surface area contributed by atoms with Gasteiger partial charge in [0.25, 0.3) is 0 Å². The lowest BCUT2D eigenvalue weighted by Gasteiger charge is -2.44. The molecule has 8 rings (SSSR count). The van der Waals surface area contributed by atoms with Gasteiger partial charge in [0.05, 0.1) is 34.8 Å². The van der Waals surface area contributed by atoms with E-state index < -0.39 is 0 Å². The molecule has 3 aliphatic rings. The number of nitrogens with one attached hydrogen (secondary N) is 2. The second-order valence-corrected chi connectivity index (χ2v) is 17.4. The number of nitrogens with zero attached hydrogens (tertiary/aromatic N) is 9. The van der Waals surface area contributed by atoms with E-state index in [0.717, 1.165) is 123 Å². The Morgan fingerprint density at radius 2 is 1.72 bits per heavy atom. The smallest absolute Gasteiger partial charge is 0.208 e. The molecular weight excluding hydrogens is 743 g/mol. The fourth-order valence-corrected chi connectivity index (χ4v) is 9.41. The maximum atomic E-state index is 5.15. The topological polar surface area (TPSA) is 95.2 Å². The third-order valence-electron chi connectivity index (χ3n) is 13.1. The first-order valence-corrected chi connectivity index (χ1v) is 22.3. The van der Waals surface area contributed by atoms with Gasteiger partial charge in [-0.1, -0.05) is 32.6 Å². The van der Waals surface area contributed by atoms with Crippen LogP contribution in [0.25, 0.3) is 28.0 Å². The summed E-state index contributed by atoms with van der Waals surface area (Å²) in [5.41, 5.74) is 14.2. The zero-order valence-electron chi connectivity index (χ0n) is 36.7. The van der Waals surface area contributed by atoms with Gasteiger partial charge in [-0.05, 0) is 107 Å². The summed E-state index contributed by atoms with van der Waals surface area (Å²) < 4.78 is 4.37. The Morgan fingerprint density at radius 3 is 2.42 bits per heavy atom. The highest BCUT2D eigenvalue weighted by Crippen LogP contribution is 2.36. The highest BCUT2D eigenvalue weighted by molar-refractivity contribution is 5.85. The lowest BCUT2D eigenvalue weighted by molar-refractivity contribution is 0.160. The number of likely N-dealkylation sites (N-methyl/N-ethyl adjacent to an activating group) is 1. The predicted molar refractivity (Wildman–Crippen MR) is 249 cm³/mol. The number of aromatic nitrogens is 6. The molecule has 0 bridgehead atoms. The number of fused-ring (bicyclic) bond motifs is 1. The van der Waals surface area contributed by atoms with Crippen LogP contribution in [0.15, 0.2) is 80.3 Å². The van der Waals surface area contributed by atoms with Crippen LogP contribution in [0.2, 0.25) is 0 Å².